The Morgan fingerprint density at radius 3 is 2.35 bits per heavy atom. The van der Waals surface area contributed by atoms with Gasteiger partial charge in [0.05, 0.1) is 6.54 Å². The molecular weight excluding hydrogens is 386 g/mol. The number of benzene rings is 1. The topological polar surface area (TPSA) is 51.2 Å². The highest BCUT2D eigenvalue weighted by molar-refractivity contribution is 5.86. The number of carbonyl (C=O) groups excluding carboxylic acids is 1. The van der Waals surface area contributed by atoms with Crippen molar-refractivity contribution >= 4 is 11.9 Å². The maximum atomic E-state index is 12.8. The number of hydrogen-bond acceptors (Lipinski definition) is 3. The van der Waals surface area contributed by atoms with Crippen molar-refractivity contribution < 1.29 is 4.79 Å². The Morgan fingerprint density at radius 1 is 0.968 bits per heavy atom. The number of guanidine groups is 1. The summed E-state index contributed by atoms with van der Waals surface area (Å²) in [6.07, 6.45) is 7.25. The minimum atomic E-state index is 0.201. The lowest BCUT2D eigenvalue weighted by atomic mass is 9.90. The molecule has 3 saturated heterocycles. The van der Waals surface area contributed by atoms with Crippen LogP contribution in [0.25, 0.3) is 0 Å². The molecule has 6 heteroatoms. The molecule has 0 bridgehead atoms. The van der Waals surface area contributed by atoms with Gasteiger partial charge in [-0.2, -0.15) is 0 Å². The zero-order valence-electron chi connectivity index (χ0n) is 19.1. The number of rotatable bonds is 6. The molecule has 1 aromatic carbocycles. The van der Waals surface area contributed by atoms with E-state index in [1.165, 1.54) is 44.5 Å². The van der Waals surface area contributed by atoms with Crippen molar-refractivity contribution in [3.63, 3.8) is 0 Å². The lowest BCUT2D eigenvalue weighted by molar-refractivity contribution is -0.131. The van der Waals surface area contributed by atoms with E-state index in [0.29, 0.717) is 12.5 Å². The van der Waals surface area contributed by atoms with Gasteiger partial charge in [-0.1, -0.05) is 30.3 Å². The molecule has 0 saturated carbocycles. The summed E-state index contributed by atoms with van der Waals surface area (Å²) in [4.78, 5) is 24.2. The van der Waals surface area contributed by atoms with E-state index in [-0.39, 0.29) is 5.91 Å². The highest BCUT2D eigenvalue weighted by Crippen LogP contribution is 2.22. The van der Waals surface area contributed by atoms with E-state index >= 15 is 0 Å². The molecule has 1 aromatic rings. The molecule has 1 atom stereocenters. The van der Waals surface area contributed by atoms with Gasteiger partial charge in [0.2, 0.25) is 5.91 Å². The lowest BCUT2D eigenvalue weighted by Gasteiger charge is -2.32. The van der Waals surface area contributed by atoms with Crippen molar-refractivity contribution in [3.8, 4) is 0 Å². The minimum absolute atomic E-state index is 0.201. The fourth-order valence-corrected chi connectivity index (χ4v) is 5.44. The maximum Gasteiger partial charge on any atom is 0.241 e. The van der Waals surface area contributed by atoms with Crippen LogP contribution in [-0.4, -0.2) is 86.0 Å². The SMILES string of the molecule is CN=C(NCC(=O)N1CCC(Cc2ccccc2)CC1)N1CCC(CN2CCCC2)C1. The number of aliphatic imine (C=N–C) groups is 1. The predicted molar refractivity (Wildman–Crippen MR) is 126 cm³/mol. The van der Waals surface area contributed by atoms with Gasteiger partial charge in [-0.3, -0.25) is 9.79 Å². The van der Waals surface area contributed by atoms with Gasteiger partial charge in [-0.05, 0) is 69.0 Å². The van der Waals surface area contributed by atoms with Gasteiger partial charge in [-0.25, -0.2) is 0 Å². The normalized spacial score (nSPS) is 23.5. The highest BCUT2D eigenvalue weighted by Gasteiger charge is 2.28. The number of amides is 1. The van der Waals surface area contributed by atoms with Crippen LogP contribution in [0.5, 0.6) is 0 Å². The molecule has 3 aliphatic heterocycles. The Bertz CT molecular complexity index is 723. The Hall–Kier alpha value is -2.08. The van der Waals surface area contributed by atoms with E-state index in [4.69, 9.17) is 0 Å². The summed E-state index contributed by atoms with van der Waals surface area (Å²) in [5, 5.41) is 3.34. The average molecular weight is 426 g/mol. The van der Waals surface area contributed by atoms with Gasteiger partial charge in [0.1, 0.15) is 0 Å². The monoisotopic (exact) mass is 425 g/mol. The van der Waals surface area contributed by atoms with Crippen LogP contribution >= 0.6 is 0 Å². The zero-order chi connectivity index (χ0) is 21.5. The summed E-state index contributed by atoms with van der Waals surface area (Å²) in [5.41, 5.74) is 1.41. The van der Waals surface area contributed by atoms with E-state index < -0.39 is 0 Å². The van der Waals surface area contributed by atoms with Crippen LogP contribution < -0.4 is 5.32 Å². The van der Waals surface area contributed by atoms with Crippen molar-refractivity contribution in [3.05, 3.63) is 35.9 Å². The van der Waals surface area contributed by atoms with Crippen LogP contribution in [0.4, 0.5) is 0 Å². The second-order valence-corrected chi connectivity index (χ2v) is 9.52. The molecule has 4 rings (SSSR count). The molecule has 170 valence electrons. The molecule has 0 aliphatic carbocycles. The largest absolute Gasteiger partial charge is 0.347 e. The third-order valence-electron chi connectivity index (χ3n) is 7.24. The fourth-order valence-electron chi connectivity index (χ4n) is 5.44. The fraction of sp³-hybridized carbons (Fsp3) is 0.680. The van der Waals surface area contributed by atoms with Crippen LogP contribution in [0.2, 0.25) is 0 Å². The van der Waals surface area contributed by atoms with Gasteiger partial charge >= 0.3 is 0 Å². The third kappa shape index (κ3) is 6.22. The van der Waals surface area contributed by atoms with Crippen LogP contribution in [0, 0.1) is 11.8 Å². The van der Waals surface area contributed by atoms with Gasteiger partial charge in [0.15, 0.2) is 5.96 Å². The number of likely N-dealkylation sites (tertiary alicyclic amines) is 3. The number of nitrogens with zero attached hydrogens (tertiary/aromatic N) is 4. The van der Waals surface area contributed by atoms with E-state index in [0.717, 1.165) is 57.3 Å². The molecule has 1 amide bonds. The average Bonchev–Trinajstić information content (AvgIpc) is 3.48. The Morgan fingerprint density at radius 2 is 1.65 bits per heavy atom. The molecule has 0 radical (unpaired) electrons. The molecule has 1 N–H and O–H groups in total. The number of piperidine rings is 1. The molecule has 6 nitrogen and oxygen atoms in total. The summed E-state index contributed by atoms with van der Waals surface area (Å²) in [6, 6.07) is 10.7. The van der Waals surface area contributed by atoms with Gasteiger partial charge in [0.25, 0.3) is 0 Å². The van der Waals surface area contributed by atoms with Crippen LogP contribution in [0.1, 0.15) is 37.7 Å². The maximum absolute atomic E-state index is 12.8. The standard InChI is InChI=1S/C25H39N5O/c1-26-25(30-16-11-23(20-30)19-28-12-5-6-13-28)27-18-24(31)29-14-9-22(10-15-29)17-21-7-3-2-4-8-21/h2-4,7-8,22-23H,5-6,9-20H2,1H3,(H,26,27). The van der Waals surface area contributed by atoms with Crippen LogP contribution in [-0.2, 0) is 11.2 Å². The first-order valence-electron chi connectivity index (χ1n) is 12.2. The second kappa shape index (κ2) is 11.0. The summed E-state index contributed by atoms with van der Waals surface area (Å²) < 4.78 is 0. The summed E-state index contributed by atoms with van der Waals surface area (Å²) >= 11 is 0. The highest BCUT2D eigenvalue weighted by atomic mass is 16.2. The minimum Gasteiger partial charge on any atom is -0.347 e. The van der Waals surface area contributed by atoms with Crippen molar-refractivity contribution in [1.29, 1.82) is 0 Å². The molecular formula is C25H39N5O. The van der Waals surface area contributed by atoms with Gasteiger partial charge in [-0.15, -0.1) is 0 Å². The van der Waals surface area contributed by atoms with Gasteiger partial charge < -0.3 is 20.0 Å². The Kier molecular flexibility index (Phi) is 7.84. The third-order valence-corrected chi connectivity index (χ3v) is 7.24. The smallest absolute Gasteiger partial charge is 0.241 e. The van der Waals surface area contributed by atoms with Crippen molar-refractivity contribution in [2.75, 3.05) is 59.4 Å². The van der Waals surface area contributed by atoms with E-state index in [2.05, 4.69) is 50.4 Å². The quantitative estimate of drug-likeness (QED) is 0.562. The molecule has 31 heavy (non-hydrogen) atoms. The van der Waals surface area contributed by atoms with Crippen LogP contribution in [0.3, 0.4) is 0 Å². The zero-order valence-corrected chi connectivity index (χ0v) is 19.1. The molecule has 0 spiro atoms. The van der Waals surface area contributed by atoms with E-state index in [1.54, 1.807) is 0 Å². The first-order valence-corrected chi connectivity index (χ1v) is 12.2. The number of nitrogens with one attached hydrogen (secondary N) is 1. The number of hydrogen-bond donors (Lipinski definition) is 1. The van der Waals surface area contributed by atoms with E-state index in [9.17, 15) is 4.79 Å². The first kappa shape index (κ1) is 22.1. The molecule has 3 heterocycles. The summed E-state index contributed by atoms with van der Waals surface area (Å²) in [5.74, 6) is 2.49. The first-order chi connectivity index (χ1) is 15.2. The Labute approximate surface area is 187 Å². The summed E-state index contributed by atoms with van der Waals surface area (Å²) in [7, 11) is 1.83. The number of carbonyl (C=O) groups is 1. The second-order valence-electron chi connectivity index (χ2n) is 9.52. The van der Waals surface area contributed by atoms with Crippen molar-refractivity contribution in [1.82, 2.24) is 20.0 Å². The predicted octanol–water partition coefficient (Wildman–Crippen LogP) is 2.46. The lowest BCUT2D eigenvalue weighted by Crippen LogP contribution is -2.47. The van der Waals surface area contributed by atoms with Crippen molar-refractivity contribution in [2.24, 2.45) is 16.8 Å². The molecule has 3 fully saturated rings. The molecule has 3 aliphatic rings. The van der Waals surface area contributed by atoms with Crippen molar-refractivity contribution in [2.45, 2.75) is 38.5 Å². The van der Waals surface area contributed by atoms with E-state index in [1.807, 2.05) is 11.9 Å². The molecule has 1 unspecified atom stereocenters. The molecule has 0 aromatic heterocycles. The van der Waals surface area contributed by atoms with Gasteiger partial charge in [0, 0.05) is 39.8 Å². The summed E-state index contributed by atoms with van der Waals surface area (Å²) in [6.45, 7) is 7.93. The van der Waals surface area contributed by atoms with Crippen LogP contribution in [0.15, 0.2) is 35.3 Å². The Balaban J connectivity index is 1.17.